The Hall–Kier alpha value is -1.11. The Bertz CT molecular complexity index is 522. The molecule has 0 aliphatic heterocycles. The maximum Gasteiger partial charge on any atom is 0.208 e. The van der Waals surface area contributed by atoms with Crippen molar-refractivity contribution < 1.29 is 0 Å². The molecule has 102 valence electrons. The van der Waals surface area contributed by atoms with Crippen molar-refractivity contribution in [2.24, 2.45) is 5.73 Å². The number of aromatic nitrogens is 2. The normalized spacial score (nSPS) is 12.4. The van der Waals surface area contributed by atoms with Crippen LogP contribution in [0.1, 0.15) is 17.2 Å². The average Bonchev–Trinajstić information content (AvgIpc) is 2.86. The summed E-state index contributed by atoms with van der Waals surface area (Å²) in [5.74, 6) is 0.811. The highest BCUT2D eigenvalue weighted by Crippen LogP contribution is 2.29. The van der Waals surface area contributed by atoms with Crippen molar-refractivity contribution in [1.29, 1.82) is 0 Å². The van der Waals surface area contributed by atoms with Gasteiger partial charge in [0.15, 0.2) is 4.34 Å². The summed E-state index contributed by atoms with van der Waals surface area (Å²) in [7, 11) is 3.93. The van der Waals surface area contributed by atoms with Gasteiger partial charge in [0, 0.05) is 25.9 Å². The Kier molecular flexibility index (Phi) is 4.79. The lowest BCUT2D eigenvalue weighted by Gasteiger charge is -2.10. The zero-order valence-corrected chi connectivity index (χ0v) is 13.0. The van der Waals surface area contributed by atoms with E-state index in [-0.39, 0.29) is 6.04 Å². The van der Waals surface area contributed by atoms with Crippen LogP contribution in [0.25, 0.3) is 0 Å². The van der Waals surface area contributed by atoms with Crippen molar-refractivity contribution in [2.75, 3.05) is 24.7 Å². The number of rotatable bonds is 5. The highest BCUT2D eigenvalue weighted by Gasteiger charge is 2.10. The second-order valence-corrected chi connectivity index (χ2v) is 6.80. The number of hydrogen-bond donors (Lipinski definition) is 1. The molecule has 19 heavy (non-hydrogen) atoms. The molecule has 0 saturated heterocycles. The van der Waals surface area contributed by atoms with E-state index in [2.05, 4.69) is 41.4 Å². The number of anilines is 1. The first kappa shape index (κ1) is 14.3. The topological polar surface area (TPSA) is 55.0 Å². The molecule has 1 aromatic heterocycles. The minimum absolute atomic E-state index is 0.0253. The van der Waals surface area contributed by atoms with Gasteiger partial charge in [-0.15, -0.1) is 10.2 Å². The van der Waals surface area contributed by atoms with Gasteiger partial charge >= 0.3 is 0 Å². The molecular formula is C13H18N4S2. The van der Waals surface area contributed by atoms with Crippen molar-refractivity contribution in [3.63, 3.8) is 0 Å². The van der Waals surface area contributed by atoms with Crippen molar-refractivity contribution in [3.8, 4) is 0 Å². The van der Waals surface area contributed by atoms with Gasteiger partial charge < -0.3 is 10.6 Å². The van der Waals surface area contributed by atoms with Gasteiger partial charge in [0.25, 0.3) is 0 Å². The van der Waals surface area contributed by atoms with Gasteiger partial charge in [-0.05, 0) is 12.5 Å². The molecule has 1 atom stereocenters. The van der Waals surface area contributed by atoms with Crippen LogP contribution in [-0.2, 0) is 0 Å². The fourth-order valence-electron chi connectivity index (χ4n) is 1.51. The van der Waals surface area contributed by atoms with Crippen LogP contribution in [0.4, 0.5) is 5.13 Å². The molecule has 0 fully saturated rings. The Morgan fingerprint density at radius 3 is 2.53 bits per heavy atom. The molecule has 0 amide bonds. The van der Waals surface area contributed by atoms with Gasteiger partial charge in [0.1, 0.15) is 0 Å². The molecule has 1 unspecified atom stereocenters. The van der Waals surface area contributed by atoms with E-state index in [1.54, 1.807) is 23.1 Å². The van der Waals surface area contributed by atoms with E-state index in [0.29, 0.717) is 0 Å². The first-order chi connectivity index (χ1) is 9.06. The van der Waals surface area contributed by atoms with Crippen LogP contribution in [-0.4, -0.2) is 30.0 Å². The molecule has 0 saturated carbocycles. The van der Waals surface area contributed by atoms with Crippen molar-refractivity contribution in [1.82, 2.24) is 10.2 Å². The van der Waals surface area contributed by atoms with E-state index in [0.717, 1.165) is 20.8 Å². The SMILES string of the molecule is Cc1ccc(C(N)CSc2nnc(N(C)C)s2)cc1. The Morgan fingerprint density at radius 1 is 1.26 bits per heavy atom. The smallest absolute Gasteiger partial charge is 0.208 e. The fraction of sp³-hybridized carbons (Fsp3) is 0.385. The zero-order chi connectivity index (χ0) is 13.8. The number of hydrogen-bond acceptors (Lipinski definition) is 6. The van der Waals surface area contributed by atoms with E-state index in [4.69, 9.17) is 5.73 Å². The summed E-state index contributed by atoms with van der Waals surface area (Å²) in [5, 5.41) is 9.18. The summed E-state index contributed by atoms with van der Waals surface area (Å²) < 4.78 is 0.964. The molecule has 2 aromatic rings. The summed E-state index contributed by atoms with van der Waals surface area (Å²) in [5.41, 5.74) is 8.60. The summed E-state index contributed by atoms with van der Waals surface area (Å²) >= 11 is 3.25. The molecular weight excluding hydrogens is 276 g/mol. The molecule has 0 aliphatic carbocycles. The van der Waals surface area contributed by atoms with Crippen LogP contribution in [0, 0.1) is 6.92 Å². The molecule has 0 aliphatic rings. The number of thioether (sulfide) groups is 1. The molecule has 0 spiro atoms. The minimum atomic E-state index is 0.0253. The third-order valence-electron chi connectivity index (χ3n) is 2.67. The molecule has 4 nitrogen and oxygen atoms in total. The molecule has 2 N–H and O–H groups in total. The zero-order valence-electron chi connectivity index (χ0n) is 11.3. The molecule has 1 heterocycles. The van der Waals surface area contributed by atoms with E-state index in [1.165, 1.54) is 5.56 Å². The lowest BCUT2D eigenvalue weighted by atomic mass is 10.1. The van der Waals surface area contributed by atoms with Crippen LogP contribution in [0.2, 0.25) is 0 Å². The van der Waals surface area contributed by atoms with Gasteiger partial charge in [0.2, 0.25) is 5.13 Å². The molecule has 1 aromatic carbocycles. The quantitative estimate of drug-likeness (QED) is 0.859. The minimum Gasteiger partial charge on any atom is -0.353 e. The molecule has 0 radical (unpaired) electrons. The molecule has 2 rings (SSSR count). The Labute approximate surface area is 122 Å². The first-order valence-electron chi connectivity index (χ1n) is 6.02. The maximum atomic E-state index is 6.18. The van der Waals surface area contributed by atoms with Gasteiger partial charge in [-0.2, -0.15) is 0 Å². The second-order valence-electron chi connectivity index (χ2n) is 4.57. The van der Waals surface area contributed by atoms with Crippen LogP contribution in [0.5, 0.6) is 0 Å². The largest absolute Gasteiger partial charge is 0.353 e. The Balaban J connectivity index is 1.92. The van der Waals surface area contributed by atoms with Crippen molar-refractivity contribution in [3.05, 3.63) is 35.4 Å². The summed E-state index contributed by atoms with van der Waals surface area (Å²) in [6.45, 7) is 2.08. The lowest BCUT2D eigenvalue weighted by molar-refractivity contribution is 0.829. The highest BCUT2D eigenvalue weighted by molar-refractivity contribution is 8.01. The van der Waals surface area contributed by atoms with Gasteiger partial charge in [-0.25, -0.2) is 0 Å². The molecule has 6 heteroatoms. The predicted molar refractivity (Wildman–Crippen MR) is 83.1 cm³/mol. The fourth-order valence-corrected chi connectivity index (χ4v) is 3.29. The van der Waals surface area contributed by atoms with Crippen molar-refractivity contribution in [2.45, 2.75) is 17.3 Å². The third-order valence-corrected chi connectivity index (χ3v) is 5.01. The standard InChI is InChI=1S/C13H18N4S2/c1-9-4-6-10(7-5-9)11(14)8-18-13-16-15-12(19-13)17(2)3/h4-7,11H,8,14H2,1-3H3. The van der Waals surface area contributed by atoms with Gasteiger partial charge in [0.05, 0.1) is 0 Å². The molecule has 0 bridgehead atoms. The van der Waals surface area contributed by atoms with Crippen LogP contribution < -0.4 is 10.6 Å². The number of nitrogens with zero attached hydrogens (tertiary/aromatic N) is 3. The average molecular weight is 294 g/mol. The van der Waals surface area contributed by atoms with Crippen LogP contribution in [0.3, 0.4) is 0 Å². The summed E-state index contributed by atoms with van der Waals surface area (Å²) in [6.07, 6.45) is 0. The van der Waals surface area contributed by atoms with E-state index >= 15 is 0 Å². The van der Waals surface area contributed by atoms with E-state index in [1.807, 2.05) is 19.0 Å². The summed E-state index contributed by atoms with van der Waals surface area (Å²) in [4.78, 5) is 1.96. The second kappa shape index (κ2) is 6.36. The van der Waals surface area contributed by atoms with Crippen molar-refractivity contribution >= 4 is 28.2 Å². The van der Waals surface area contributed by atoms with Gasteiger partial charge in [-0.3, -0.25) is 0 Å². The number of aryl methyl sites for hydroxylation is 1. The van der Waals surface area contributed by atoms with E-state index < -0.39 is 0 Å². The first-order valence-corrected chi connectivity index (χ1v) is 7.82. The van der Waals surface area contributed by atoms with Gasteiger partial charge in [-0.1, -0.05) is 52.9 Å². The predicted octanol–water partition coefficient (Wildman–Crippen LogP) is 2.70. The Morgan fingerprint density at radius 2 is 1.95 bits per heavy atom. The summed E-state index contributed by atoms with van der Waals surface area (Å²) in [6, 6.07) is 8.39. The third kappa shape index (κ3) is 3.92. The monoisotopic (exact) mass is 294 g/mol. The number of benzene rings is 1. The lowest BCUT2D eigenvalue weighted by Crippen LogP contribution is -2.12. The maximum absolute atomic E-state index is 6.18. The van der Waals surface area contributed by atoms with E-state index in [9.17, 15) is 0 Å². The highest BCUT2D eigenvalue weighted by atomic mass is 32.2. The van der Waals surface area contributed by atoms with Crippen LogP contribution >= 0.6 is 23.1 Å². The number of nitrogens with two attached hydrogens (primary N) is 1. The van der Waals surface area contributed by atoms with Crippen LogP contribution in [0.15, 0.2) is 28.6 Å².